The van der Waals surface area contributed by atoms with E-state index in [4.69, 9.17) is 9.73 Å². The van der Waals surface area contributed by atoms with Crippen molar-refractivity contribution in [1.82, 2.24) is 14.8 Å². The highest BCUT2D eigenvalue weighted by Gasteiger charge is 2.32. The van der Waals surface area contributed by atoms with Crippen LogP contribution >= 0.6 is 11.3 Å². The first-order valence-electron chi connectivity index (χ1n) is 10.3. The summed E-state index contributed by atoms with van der Waals surface area (Å²) < 4.78 is 7.49. The quantitative estimate of drug-likeness (QED) is 0.419. The molecule has 0 spiro atoms. The number of ether oxygens (including phenoxy) is 1. The Bertz CT molecular complexity index is 1100. The maximum atomic E-state index is 12.5. The maximum Gasteiger partial charge on any atom is 0.308 e. The van der Waals surface area contributed by atoms with E-state index in [-0.39, 0.29) is 12.4 Å². The van der Waals surface area contributed by atoms with E-state index in [9.17, 15) is 4.79 Å². The molecule has 0 saturated carbocycles. The first kappa shape index (κ1) is 20.5. The van der Waals surface area contributed by atoms with Crippen molar-refractivity contribution in [2.75, 3.05) is 6.61 Å². The van der Waals surface area contributed by atoms with Crippen LogP contribution in [0.3, 0.4) is 0 Å². The molecule has 0 aliphatic carbocycles. The fourth-order valence-corrected chi connectivity index (χ4v) is 4.88. The Balaban J connectivity index is 1.85. The Morgan fingerprint density at radius 1 is 1.17 bits per heavy atom. The molecule has 0 saturated heterocycles. The van der Waals surface area contributed by atoms with Gasteiger partial charge in [-0.05, 0) is 32.8 Å². The van der Waals surface area contributed by atoms with Crippen molar-refractivity contribution in [1.29, 1.82) is 0 Å². The van der Waals surface area contributed by atoms with Gasteiger partial charge in [0.15, 0.2) is 5.82 Å². The SMILES string of the molecule is CCCCOC(=O)C[C@@H]1N=C(c2ccccc2)c2c(sc(C)c2C)-n2c(C)nnc21. The van der Waals surface area contributed by atoms with Crippen molar-refractivity contribution in [3.8, 4) is 5.00 Å². The standard InChI is InChI=1S/C23H26N4O2S/c1-5-6-12-29-19(28)13-18-22-26-25-16(4)27(22)23-20(14(2)15(3)30-23)21(24-18)17-10-8-7-9-11-17/h7-11,18H,5-6,12-13H2,1-4H3/t18-/m0/s1. The van der Waals surface area contributed by atoms with Crippen LogP contribution < -0.4 is 0 Å². The summed E-state index contributed by atoms with van der Waals surface area (Å²) in [5.41, 5.74) is 4.21. The predicted molar refractivity (Wildman–Crippen MR) is 119 cm³/mol. The molecule has 6 nitrogen and oxygen atoms in total. The zero-order valence-electron chi connectivity index (χ0n) is 17.8. The largest absolute Gasteiger partial charge is 0.466 e. The zero-order valence-corrected chi connectivity index (χ0v) is 18.6. The summed E-state index contributed by atoms with van der Waals surface area (Å²) in [7, 11) is 0. The number of hydrogen-bond donors (Lipinski definition) is 0. The smallest absolute Gasteiger partial charge is 0.308 e. The van der Waals surface area contributed by atoms with Crippen LogP contribution in [0.5, 0.6) is 0 Å². The monoisotopic (exact) mass is 422 g/mol. The van der Waals surface area contributed by atoms with Gasteiger partial charge >= 0.3 is 5.97 Å². The Kier molecular flexibility index (Phi) is 5.81. The van der Waals surface area contributed by atoms with Crippen LogP contribution in [0.4, 0.5) is 0 Å². The molecule has 2 aromatic heterocycles. The number of carbonyl (C=O) groups is 1. The van der Waals surface area contributed by atoms with E-state index in [2.05, 4.69) is 47.7 Å². The van der Waals surface area contributed by atoms with Crippen molar-refractivity contribution < 1.29 is 9.53 Å². The average molecular weight is 423 g/mol. The van der Waals surface area contributed by atoms with E-state index >= 15 is 0 Å². The van der Waals surface area contributed by atoms with Crippen molar-refractivity contribution in [3.63, 3.8) is 0 Å². The molecule has 3 aromatic rings. The van der Waals surface area contributed by atoms with Crippen LogP contribution in [0.1, 0.15) is 65.4 Å². The van der Waals surface area contributed by atoms with Gasteiger partial charge in [0, 0.05) is 16.0 Å². The van der Waals surface area contributed by atoms with Gasteiger partial charge in [-0.1, -0.05) is 43.7 Å². The summed E-state index contributed by atoms with van der Waals surface area (Å²) in [4.78, 5) is 18.9. The molecule has 0 fully saturated rings. The van der Waals surface area contributed by atoms with Crippen molar-refractivity contribution in [2.24, 2.45) is 4.99 Å². The fraction of sp³-hybridized carbons (Fsp3) is 0.391. The summed E-state index contributed by atoms with van der Waals surface area (Å²) >= 11 is 1.71. The molecule has 0 unspecified atom stereocenters. The number of hydrogen-bond acceptors (Lipinski definition) is 6. The number of fused-ring (bicyclic) bond motifs is 3. The van der Waals surface area contributed by atoms with E-state index in [0.29, 0.717) is 12.4 Å². The highest BCUT2D eigenvalue weighted by atomic mass is 32.1. The van der Waals surface area contributed by atoms with E-state index in [0.717, 1.165) is 40.5 Å². The average Bonchev–Trinajstić information content (AvgIpc) is 3.21. The van der Waals surface area contributed by atoms with Gasteiger partial charge in [-0.25, -0.2) is 0 Å². The Labute approximate surface area is 180 Å². The van der Waals surface area contributed by atoms with Crippen molar-refractivity contribution >= 4 is 23.0 Å². The molecular formula is C23H26N4O2S. The van der Waals surface area contributed by atoms with Crippen molar-refractivity contribution in [3.05, 3.63) is 63.5 Å². The fourth-order valence-electron chi connectivity index (χ4n) is 3.67. The number of esters is 1. The molecular weight excluding hydrogens is 396 g/mol. The summed E-state index contributed by atoms with van der Waals surface area (Å²) in [6.07, 6.45) is 1.99. The third-order valence-electron chi connectivity index (χ3n) is 5.41. The number of carbonyl (C=O) groups excluding carboxylic acids is 1. The van der Waals surface area contributed by atoms with Gasteiger partial charge in [-0.2, -0.15) is 0 Å². The third kappa shape index (κ3) is 3.69. The molecule has 7 heteroatoms. The van der Waals surface area contributed by atoms with Crippen LogP contribution in [-0.4, -0.2) is 33.1 Å². The van der Waals surface area contributed by atoms with E-state index in [1.165, 1.54) is 10.4 Å². The van der Waals surface area contributed by atoms with Gasteiger partial charge < -0.3 is 4.74 Å². The first-order valence-corrected chi connectivity index (χ1v) is 11.1. The second-order valence-electron chi connectivity index (χ2n) is 7.54. The van der Waals surface area contributed by atoms with Crippen LogP contribution in [0, 0.1) is 20.8 Å². The number of aromatic nitrogens is 3. The number of benzene rings is 1. The molecule has 156 valence electrons. The molecule has 1 aromatic carbocycles. The number of nitrogens with zero attached hydrogens (tertiary/aromatic N) is 4. The van der Waals surface area contributed by atoms with Gasteiger partial charge in [0.2, 0.25) is 0 Å². The van der Waals surface area contributed by atoms with Gasteiger partial charge in [0.1, 0.15) is 16.9 Å². The molecule has 0 bridgehead atoms. The summed E-state index contributed by atoms with van der Waals surface area (Å²) in [5, 5.41) is 9.79. The lowest BCUT2D eigenvalue weighted by Gasteiger charge is -2.12. The minimum atomic E-state index is -0.449. The summed E-state index contributed by atoms with van der Waals surface area (Å²) in [6, 6.07) is 9.69. The van der Waals surface area contributed by atoms with Crippen LogP contribution in [0.15, 0.2) is 35.3 Å². The molecule has 0 radical (unpaired) electrons. The summed E-state index contributed by atoms with van der Waals surface area (Å²) in [5.74, 6) is 1.23. The number of rotatable bonds is 6. The number of aliphatic imine (C=N–C) groups is 1. The van der Waals surface area contributed by atoms with Crippen LogP contribution in [0.2, 0.25) is 0 Å². The Morgan fingerprint density at radius 2 is 1.93 bits per heavy atom. The second kappa shape index (κ2) is 8.52. The lowest BCUT2D eigenvalue weighted by atomic mass is 10.00. The first-order chi connectivity index (χ1) is 14.5. The van der Waals surface area contributed by atoms with E-state index < -0.39 is 6.04 Å². The van der Waals surface area contributed by atoms with Gasteiger partial charge in [-0.3, -0.25) is 14.4 Å². The molecule has 1 atom stereocenters. The molecule has 1 aliphatic rings. The highest BCUT2D eigenvalue weighted by molar-refractivity contribution is 7.15. The number of unbranched alkanes of at least 4 members (excludes halogenated alkanes) is 1. The normalized spacial score (nSPS) is 15.2. The molecule has 0 amide bonds. The predicted octanol–water partition coefficient (Wildman–Crippen LogP) is 4.88. The molecule has 1 aliphatic heterocycles. The number of thiophene rings is 1. The third-order valence-corrected chi connectivity index (χ3v) is 6.60. The minimum Gasteiger partial charge on any atom is -0.466 e. The van der Waals surface area contributed by atoms with Crippen LogP contribution in [0.25, 0.3) is 5.00 Å². The summed E-state index contributed by atoms with van der Waals surface area (Å²) in [6.45, 7) is 8.70. The Morgan fingerprint density at radius 3 is 2.67 bits per heavy atom. The van der Waals surface area contributed by atoms with Gasteiger partial charge in [0.05, 0.1) is 18.7 Å². The molecule has 30 heavy (non-hydrogen) atoms. The lowest BCUT2D eigenvalue weighted by molar-refractivity contribution is -0.144. The van der Waals surface area contributed by atoms with Gasteiger partial charge in [0.25, 0.3) is 0 Å². The molecule has 0 N–H and O–H groups in total. The molecule has 3 heterocycles. The zero-order chi connectivity index (χ0) is 21.3. The second-order valence-corrected chi connectivity index (χ2v) is 8.75. The molecule has 4 rings (SSSR count). The highest BCUT2D eigenvalue weighted by Crippen LogP contribution is 2.39. The lowest BCUT2D eigenvalue weighted by Crippen LogP contribution is -2.14. The minimum absolute atomic E-state index is 0.144. The maximum absolute atomic E-state index is 12.5. The van der Waals surface area contributed by atoms with E-state index in [1.54, 1.807) is 11.3 Å². The van der Waals surface area contributed by atoms with Gasteiger partial charge in [-0.15, -0.1) is 21.5 Å². The topological polar surface area (TPSA) is 69.4 Å². The Hall–Kier alpha value is -2.80. The van der Waals surface area contributed by atoms with E-state index in [1.807, 2.05) is 25.1 Å². The van der Waals surface area contributed by atoms with Crippen LogP contribution in [-0.2, 0) is 9.53 Å². The van der Waals surface area contributed by atoms with Crippen molar-refractivity contribution in [2.45, 2.75) is 53.0 Å². The number of aryl methyl sites for hydroxylation is 2.